The third-order valence-electron chi connectivity index (χ3n) is 3.91. The molecule has 5 heteroatoms. The van der Waals surface area contributed by atoms with Crippen LogP contribution in [0.25, 0.3) is 11.8 Å². The van der Waals surface area contributed by atoms with E-state index in [0.29, 0.717) is 0 Å². The van der Waals surface area contributed by atoms with Crippen LogP contribution in [0, 0.1) is 0 Å². The van der Waals surface area contributed by atoms with Gasteiger partial charge in [0.2, 0.25) is 0 Å². The zero-order valence-corrected chi connectivity index (χ0v) is 12.4. The Balaban J connectivity index is 1.77. The largest absolute Gasteiger partial charge is 0.377 e. The summed E-state index contributed by atoms with van der Waals surface area (Å²) in [4.78, 5) is 2.34. The molecule has 0 unspecified atom stereocenters. The minimum atomic E-state index is 0.768. The molecule has 0 bridgehead atoms. The molecule has 1 fully saturated rings. The number of tetrazole rings is 1. The molecule has 2 heterocycles. The van der Waals surface area contributed by atoms with Crippen LogP contribution < -0.4 is 0 Å². The Morgan fingerprint density at radius 3 is 2.57 bits per heavy atom. The Labute approximate surface area is 125 Å². The molecule has 0 spiro atoms. The van der Waals surface area contributed by atoms with Crippen molar-refractivity contribution in [2.75, 3.05) is 13.1 Å². The molecule has 1 aromatic heterocycles. The first-order valence-electron chi connectivity index (χ1n) is 7.67. The van der Waals surface area contributed by atoms with Gasteiger partial charge in [0.1, 0.15) is 0 Å². The molecule has 0 radical (unpaired) electrons. The summed E-state index contributed by atoms with van der Waals surface area (Å²) >= 11 is 0. The number of hydrogen-bond acceptors (Lipinski definition) is 4. The first-order valence-corrected chi connectivity index (χ1v) is 7.67. The lowest BCUT2D eigenvalue weighted by molar-refractivity contribution is 0.311. The molecule has 0 N–H and O–H groups in total. The number of aromatic nitrogens is 4. The minimum absolute atomic E-state index is 0.768. The van der Waals surface area contributed by atoms with E-state index in [0.717, 1.165) is 31.0 Å². The van der Waals surface area contributed by atoms with Gasteiger partial charge in [0.25, 0.3) is 0 Å². The van der Waals surface area contributed by atoms with Gasteiger partial charge >= 0.3 is 0 Å². The Kier molecular flexibility index (Phi) is 4.28. The summed E-state index contributed by atoms with van der Waals surface area (Å²) in [5.41, 5.74) is 2.31. The Hall–Kier alpha value is -2.17. The van der Waals surface area contributed by atoms with Crippen LogP contribution in [-0.2, 0) is 6.42 Å². The van der Waals surface area contributed by atoms with E-state index in [9.17, 15) is 0 Å². The Bertz CT molecular complexity index is 593. The topological polar surface area (TPSA) is 46.8 Å². The average Bonchev–Trinajstić information content (AvgIpc) is 3.02. The monoisotopic (exact) mass is 283 g/mol. The second-order valence-corrected chi connectivity index (χ2v) is 5.38. The zero-order valence-electron chi connectivity index (χ0n) is 12.4. The quantitative estimate of drug-likeness (QED) is 0.865. The van der Waals surface area contributed by atoms with Crippen LogP contribution in [0.15, 0.2) is 30.5 Å². The highest BCUT2D eigenvalue weighted by Crippen LogP contribution is 2.13. The van der Waals surface area contributed by atoms with Gasteiger partial charge in [0.05, 0.1) is 5.69 Å². The summed E-state index contributed by atoms with van der Waals surface area (Å²) in [5.74, 6) is 0.768. The first-order chi connectivity index (χ1) is 10.4. The molecule has 2 aromatic rings. The number of rotatable bonds is 4. The van der Waals surface area contributed by atoms with Crippen molar-refractivity contribution in [2.45, 2.75) is 32.6 Å². The van der Waals surface area contributed by atoms with E-state index in [1.807, 2.05) is 6.08 Å². The van der Waals surface area contributed by atoms with Crippen molar-refractivity contribution in [2.24, 2.45) is 0 Å². The van der Waals surface area contributed by atoms with E-state index in [4.69, 9.17) is 0 Å². The van der Waals surface area contributed by atoms with Crippen LogP contribution in [0.3, 0.4) is 0 Å². The van der Waals surface area contributed by atoms with Crippen molar-refractivity contribution in [3.8, 4) is 5.69 Å². The molecule has 1 aliphatic rings. The average molecular weight is 283 g/mol. The van der Waals surface area contributed by atoms with Gasteiger partial charge in [0, 0.05) is 25.4 Å². The SMILES string of the molecule is CCc1ccc(-n2nnnc2/C=C/N2CCCCC2)cc1. The van der Waals surface area contributed by atoms with Gasteiger partial charge < -0.3 is 4.90 Å². The van der Waals surface area contributed by atoms with Crippen molar-refractivity contribution in [3.63, 3.8) is 0 Å². The summed E-state index contributed by atoms with van der Waals surface area (Å²) in [6, 6.07) is 8.37. The summed E-state index contributed by atoms with van der Waals surface area (Å²) < 4.78 is 1.78. The number of likely N-dealkylation sites (tertiary alicyclic amines) is 1. The molecular formula is C16H21N5. The number of hydrogen-bond donors (Lipinski definition) is 0. The smallest absolute Gasteiger partial charge is 0.181 e. The molecule has 3 rings (SSSR count). The van der Waals surface area contributed by atoms with E-state index in [-0.39, 0.29) is 0 Å². The lowest BCUT2D eigenvalue weighted by Gasteiger charge is -2.24. The highest BCUT2D eigenvalue weighted by atomic mass is 15.5. The first kappa shape index (κ1) is 13.8. The van der Waals surface area contributed by atoms with Gasteiger partial charge in [-0.15, -0.1) is 5.10 Å². The normalized spacial score (nSPS) is 15.8. The Morgan fingerprint density at radius 2 is 1.86 bits per heavy atom. The van der Waals surface area contributed by atoms with E-state index < -0.39 is 0 Å². The van der Waals surface area contributed by atoms with E-state index in [1.54, 1.807) is 4.68 Å². The Morgan fingerprint density at radius 1 is 1.10 bits per heavy atom. The lowest BCUT2D eigenvalue weighted by Crippen LogP contribution is -2.24. The van der Waals surface area contributed by atoms with Gasteiger partial charge in [0.15, 0.2) is 5.82 Å². The van der Waals surface area contributed by atoms with Gasteiger partial charge in [-0.05, 0) is 53.8 Å². The van der Waals surface area contributed by atoms with Gasteiger partial charge in [-0.3, -0.25) is 0 Å². The molecule has 1 aliphatic heterocycles. The third kappa shape index (κ3) is 3.29. The number of benzene rings is 1. The number of nitrogens with zero attached hydrogens (tertiary/aromatic N) is 5. The van der Waals surface area contributed by atoms with Crippen LogP contribution in [0.4, 0.5) is 0 Å². The van der Waals surface area contributed by atoms with Gasteiger partial charge in [-0.1, -0.05) is 19.1 Å². The van der Waals surface area contributed by atoms with E-state index >= 15 is 0 Å². The standard InChI is InChI=1S/C16H21N5/c1-2-14-6-8-15(9-7-14)21-16(17-18-19-21)10-13-20-11-4-3-5-12-20/h6-10,13H,2-5,11-12H2,1H3/b13-10+. The zero-order chi connectivity index (χ0) is 14.5. The summed E-state index contributed by atoms with van der Waals surface area (Å²) in [6.45, 7) is 4.41. The molecule has 5 nitrogen and oxygen atoms in total. The van der Waals surface area contributed by atoms with Crippen molar-refractivity contribution in [1.29, 1.82) is 0 Å². The van der Waals surface area contributed by atoms with E-state index in [2.05, 4.69) is 57.8 Å². The van der Waals surface area contributed by atoms with Crippen molar-refractivity contribution in [3.05, 3.63) is 41.9 Å². The van der Waals surface area contributed by atoms with Crippen molar-refractivity contribution >= 4 is 6.08 Å². The van der Waals surface area contributed by atoms with Crippen molar-refractivity contribution in [1.82, 2.24) is 25.1 Å². The van der Waals surface area contributed by atoms with Crippen LogP contribution in [-0.4, -0.2) is 38.2 Å². The second-order valence-electron chi connectivity index (χ2n) is 5.38. The molecule has 21 heavy (non-hydrogen) atoms. The summed E-state index contributed by atoms with van der Waals surface area (Å²) in [7, 11) is 0. The fourth-order valence-corrected chi connectivity index (χ4v) is 2.59. The van der Waals surface area contributed by atoms with Crippen LogP contribution >= 0.6 is 0 Å². The fraction of sp³-hybridized carbons (Fsp3) is 0.438. The second kappa shape index (κ2) is 6.52. The van der Waals surface area contributed by atoms with Crippen LogP contribution in [0.5, 0.6) is 0 Å². The number of aryl methyl sites for hydroxylation is 1. The predicted octanol–water partition coefficient (Wildman–Crippen LogP) is 2.68. The molecule has 1 aromatic carbocycles. The number of piperidine rings is 1. The summed E-state index contributed by atoms with van der Waals surface area (Å²) in [6.07, 6.45) is 9.03. The molecule has 1 saturated heterocycles. The highest BCUT2D eigenvalue weighted by molar-refractivity contribution is 5.44. The maximum absolute atomic E-state index is 4.11. The fourth-order valence-electron chi connectivity index (χ4n) is 2.59. The van der Waals surface area contributed by atoms with Crippen molar-refractivity contribution < 1.29 is 0 Å². The lowest BCUT2D eigenvalue weighted by atomic mass is 10.1. The third-order valence-corrected chi connectivity index (χ3v) is 3.91. The maximum atomic E-state index is 4.11. The maximum Gasteiger partial charge on any atom is 0.181 e. The molecule has 0 amide bonds. The molecular weight excluding hydrogens is 262 g/mol. The predicted molar refractivity (Wildman–Crippen MR) is 83.0 cm³/mol. The van der Waals surface area contributed by atoms with Gasteiger partial charge in [-0.25, -0.2) is 0 Å². The molecule has 0 atom stereocenters. The van der Waals surface area contributed by atoms with Crippen LogP contribution in [0.2, 0.25) is 0 Å². The molecule has 0 aliphatic carbocycles. The van der Waals surface area contributed by atoms with Crippen LogP contribution in [0.1, 0.15) is 37.6 Å². The van der Waals surface area contributed by atoms with Gasteiger partial charge in [-0.2, -0.15) is 4.68 Å². The minimum Gasteiger partial charge on any atom is -0.377 e. The molecule has 110 valence electrons. The summed E-state index contributed by atoms with van der Waals surface area (Å²) in [5, 5.41) is 12.0. The molecule has 0 saturated carbocycles. The highest BCUT2D eigenvalue weighted by Gasteiger charge is 2.08. The van der Waals surface area contributed by atoms with E-state index in [1.165, 1.54) is 24.8 Å².